The van der Waals surface area contributed by atoms with Crippen LogP contribution in [-0.2, 0) is 14.0 Å². The van der Waals surface area contributed by atoms with E-state index in [0.717, 1.165) is 10.4 Å². The first-order valence-corrected chi connectivity index (χ1v) is 19.1. The van der Waals surface area contributed by atoms with Crippen LogP contribution in [0.4, 0.5) is 5.82 Å². The average molecular weight is 753 g/mol. The molecule has 0 radical (unpaired) electrons. The Kier molecular flexibility index (Phi) is 11.3. The molecule has 6 aromatic rings. The number of halogens is 2. The minimum atomic E-state index is -2.80. The Bertz CT molecular complexity index is 2130. The number of aromatic nitrogens is 5. The van der Waals surface area contributed by atoms with E-state index < -0.39 is 20.3 Å². The number of hydrogen-bond donors (Lipinski definition) is 1. The second kappa shape index (κ2) is 16.0. The van der Waals surface area contributed by atoms with E-state index in [1.807, 2.05) is 42.5 Å². The summed E-state index contributed by atoms with van der Waals surface area (Å²) < 4.78 is 20.8. The second-order valence-corrected chi connectivity index (χ2v) is 17.9. The number of amides is 1. The Morgan fingerprint density at radius 3 is 2.15 bits per heavy atom. The maximum Gasteiger partial charge on any atom is 0.269 e. The Labute approximate surface area is 312 Å². The molecule has 264 valence electrons. The Morgan fingerprint density at radius 2 is 1.56 bits per heavy atom. The fourth-order valence-corrected chi connectivity index (χ4v) is 11.1. The van der Waals surface area contributed by atoms with Gasteiger partial charge in [0.2, 0.25) is 12.0 Å². The van der Waals surface area contributed by atoms with Crippen LogP contribution in [0.1, 0.15) is 26.3 Å². The zero-order valence-corrected chi connectivity index (χ0v) is 31.2. The van der Waals surface area contributed by atoms with Crippen LogP contribution in [-0.4, -0.2) is 64.9 Å². The number of benzene rings is 3. The van der Waals surface area contributed by atoms with E-state index in [1.54, 1.807) is 24.3 Å². The van der Waals surface area contributed by atoms with Crippen LogP contribution in [0.25, 0.3) is 16.7 Å². The molecule has 14 heteroatoms. The predicted octanol–water partition coefficient (Wildman–Crippen LogP) is 6.37. The molecule has 1 unspecified atom stereocenters. The fraction of sp³-hybridized carbons (Fsp3) is 0.211. The molecular formula is C38H35Cl2N7O4Si. The molecule has 3 heterocycles. The molecule has 1 atom stereocenters. The molecule has 52 heavy (non-hydrogen) atoms. The highest BCUT2D eigenvalue weighted by molar-refractivity contribution is 6.99. The highest BCUT2D eigenvalue weighted by atomic mass is 35.5. The summed E-state index contributed by atoms with van der Waals surface area (Å²) in [4.78, 5) is 26.6. The largest absolute Gasteiger partial charge is 0.461 e. The van der Waals surface area contributed by atoms with Crippen molar-refractivity contribution >= 4 is 64.7 Å². The lowest BCUT2D eigenvalue weighted by Crippen LogP contribution is -2.66. The Balaban J connectivity index is 1.24. The lowest BCUT2D eigenvalue weighted by atomic mass is 10.2. The van der Waals surface area contributed by atoms with Crippen LogP contribution in [0, 0.1) is 11.3 Å². The quantitative estimate of drug-likeness (QED) is 0.105. The molecule has 0 spiro atoms. The standard InChI is InChI=1S/C38H35Cl2N7O4Si/c1-38(2,3)52(27-11-6-4-7-12-27,28-13-8-5-9-14-28)50-20-19-49-24-32(36(48)46-33-18-17-26(21-41)22-42-33)51-37-29-23-45-47(35(29)43-25-44-37)34-30(39)15-10-16-31(34)40/h4-18,22-23,25,32H,19-20,24H2,1-3H3,(H,42,46,48). The SMILES string of the molecule is CC(C)(C)[Si](OCCOCC(Oc1ncnc2c1cnn2-c1c(Cl)cccc1Cl)C(=O)Nc1ccc(C#N)cn1)(c1ccccc1)c1ccccc1. The van der Waals surface area contributed by atoms with Crippen LogP contribution in [0.5, 0.6) is 5.88 Å². The number of nitrogens with one attached hydrogen (secondary N) is 1. The molecule has 0 saturated heterocycles. The average Bonchev–Trinajstić information content (AvgIpc) is 3.57. The summed E-state index contributed by atoms with van der Waals surface area (Å²) in [6.45, 7) is 6.90. The van der Waals surface area contributed by atoms with Crippen molar-refractivity contribution in [3.8, 4) is 17.6 Å². The molecule has 0 aliphatic carbocycles. The molecule has 6 rings (SSSR count). The number of carbonyl (C=O) groups is 1. The van der Waals surface area contributed by atoms with Gasteiger partial charge in [0.25, 0.3) is 14.2 Å². The topological polar surface area (TPSA) is 137 Å². The first kappa shape index (κ1) is 36.6. The third-order valence-corrected chi connectivity index (χ3v) is 14.1. The number of pyridine rings is 1. The van der Waals surface area contributed by atoms with E-state index in [-0.39, 0.29) is 36.6 Å². The van der Waals surface area contributed by atoms with E-state index in [4.69, 9.17) is 42.4 Å². The second-order valence-electron chi connectivity index (χ2n) is 12.8. The van der Waals surface area contributed by atoms with Crippen LogP contribution in [0.3, 0.4) is 0 Å². The molecule has 0 saturated carbocycles. The van der Waals surface area contributed by atoms with E-state index >= 15 is 0 Å². The smallest absolute Gasteiger partial charge is 0.269 e. The number of nitriles is 1. The van der Waals surface area contributed by atoms with E-state index in [1.165, 1.54) is 29.5 Å². The van der Waals surface area contributed by atoms with Gasteiger partial charge < -0.3 is 19.2 Å². The van der Waals surface area contributed by atoms with Gasteiger partial charge in [-0.1, -0.05) is 111 Å². The van der Waals surface area contributed by atoms with Gasteiger partial charge in [-0.15, -0.1) is 0 Å². The van der Waals surface area contributed by atoms with Gasteiger partial charge in [-0.2, -0.15) is 10.4 Å². The summed E-state index contributed by atoms with van der Waals surface area (Å²) in [6, 6.07) is 30.9. The highest BCUT2D eigenvalue weighted by Crippen LogP contribution is 2.37. The molecule has 0 aliphatic rings. The predicted molar refractivity (Wildman–Crippen MR) is 203 cm³/mol. The summed E-state index contributed by atoms with van der Waals surface area (Å²) in [5.74, 6) is -0.209. The third kappa shape index (κ3) is 7.69. The van der Waals surface area contributed by atoms with Gasteiger partial charge in [0.05, 0.1) is 41.6 Å². The third-order valence-electron chi connectivity index (χ3n) is 8.40. The summed E-state index contributed by atoms with van der Waals surface area (Å²) in [5, 5.41) is 19.6. The molecule has 0 fully saturated rings. The minimum Gasteiger partial charge on any atom is -0.461 e. The van der Waals surface area contributed by atoms with Crippen molar-refractivity contribution in [2.24, 2.45) is 0 Å². The van der Waals surface area contributed by atoms with Crippen LogP contribution < -0.4 is 20.4 Å². The number of ether oxygens (including phenoxy) is 2. The van der Waals surface area contributed by atoms with Gasteiger partial charge in [-0.3, -0.25) is 4.79 Å². The molecule has 11 nitrogen and oxygen atoms in total. The van der Waals surface area contributed by atoms with Gasteiger partial charge in [0.1, 0.15) is 29.3 Å². The summed E-state index contributed by atoms with van der Waals surface area (Å²) in [6.07, 6.45) is 3.00. The van der Waals surface area contributed by atoms with Gasteiger partial charge in [0, 0.05) is 6.20 Å². The van der Waals surface area contributed by atoms with Crippen LogP contribution >= 0.6 is 23.2 Å². The monoisotopic (exact) mass is 751 g/mol. The number of hydrogen-bond acceptors (Lipinski definition) is 9. The Hall–Kier alpha value is -5.16. The van der Waals surface area contributed by atoms with Crippen molar-refractivity contribution in [2.45, 2.75) is 31.9 Å². The number of fused-ring (bicyclic) bond motifs is 1. The minimum absolute atomic E-state index is 0.0968. The van der Waals surface area contributed by atoms with Crippen LogP contribution in [0.15, 0.2) is 110 Å². The lowest BCUT2D eigenvalue weighted by Gasteiger charge is -2.43. The van der Waals surface area contributed by atoms with Crippen molar-refractivity contribution in [2.75, 3.05) is 25.1 Å². The molecule has 0 bridgehead atoms. The van der Waals surface area contributed by atoms with E-state index in [2.05, 4.69) is 70.4 Å². The molecule has 1 N–H and O–H groups in total. The number of rotatable bonds is 13. The summed E-state index contributed by atoms with van der Waals surface area (Å²) >= 11 is 12.9. The highest BCUT2D eigenvalue weighted by Gasteiger charge is 2.50. The van der Waals surface area contributed by atoms with Crippen molar-refractivity contribution in [1.82, 2.24) is 24.7 Å². The maximum absolute atomic E-state index is 13.7. The van der Waals surface area contributed by atoms with Crippen molar-refractivity contribution in [3.63, 3.8) is 0 Å². The molecule has 3 aromatic heterocycles. The number of carbonyl (C=O) groups excluding carboxylic acids is 1. The summed E-state index contributed by atoms with van der Waals surface area (Å²) in [7, 11) is -2.80. The number of anilines is 1. The van der Waals surface area contributed by atoms with Gasteiger partial charge >= 0.3 is 0 Å². The molecule has 1 amide bonds. The first-order chi connectivity index (χ1) is 25.1. The zero-order valence-electron chi connectivity index (χ0n) is 28.7. The normalized spacial score (nSPS) is 12.3. The zero-order chi connectivity index (χ0) is 36.7. The first-order valence-electron chi connectivity index (χ1n) is 16.4. The molecule has 3 aromatic carbocycles. The fourth-order valence-electron chi connectivity index (χ4n) is 6.02. The lowest BCUT2D eigenvalue weighted by molar-refractivity contribution is -0.125. The van der Waals surface area contributed by atoms with Gasteiger partial charge in [-0.05, 0) is 39.7 Å². The molecule has 0 aliphatic heterocycles. The number of para-hydroxylation sites is 1. The van der Waals surface area contributed by atoms with Gasteiger partial charge in [-0.25, -0.2) is 19.6 Å². The van der Waals surface area contributed by atoms with Crippen molar-refractivity contribution in [1.29, 1.82) is 5.26 Å². The maximum atomic E-state index is 13.7. The van der Waals surface area contributed by atoms with E-state index in [9.17, 15) is 4.79 Å². The van der Waals surface area contributed by atoms with E-state index in [0.29, 0.717) is 32.3 Å². The molecular weight excluding hydrogens is 717 g/mol. The summed E-state index contributed by atoms with van der Waals surface area (Å²) in [5.41, 5.74) is 1.16. The number of nitrogens with zero attached hydrogens (tertiary/aromatic N) is 6. The van der Waals surface area contributed by atoms with Crippen molar-refractivity contribution < 1.29 is 18.7 Å². The Morgan fingerprint density at radius 1 is 0.885 bits per heavy atom. The van der Waals surface area contributed by atoms with Crippen LogP contribution in [0.2, 0.25) is 15.1 Å². The van der Waals surface area contributed by atoms with Gasteiger partial charge in [0.15, 0.2) is 5.65 Å². The van der Waals surface area contributed by atoms with Crippen molar-refractivity contribution in [3.05, 3.63) is 125 Å².